The molecule has 0 heterocycles. The summed E-state index contributed by atoms with van der Waals surface area (Å²) in [5.74, 6) is -0.345. The van der Waals surface area contributed by atoms with E-state index in [1.165, 1.54) is 7.11 Å². The Labute approximate surface area is 101 Å². The summed E-state index contributed by atoms with van der Waals surface area (Å²) in [6.07, 6.45) is 0. The van der Waals surface area contributed by atoms with Gasteiger partial charge in [-0.25, -0.2) is 4.79 Å². The van der Waals surface area contributed by atoms with Crippen LogP contribution in [0.5, 0.6) is 0 Å². The highest BCUT2D eigenvalue weighted by Crippen LogP contribution is 2.06. The molecule has 0 aliphatic rings. The molecule has 1 unspecified atom stereocenters. The predicted octanol–water partition coefficient (Wildman–Crippen LogP) is 0.276. The van der Waals surface area contributed by atoms with Crippen molar-refractivity contribution >= 4 is 5.97 Å². The van der Waals surface area contributed by atoms with Gasteiger partial charge in [-0.05, 0) is 17.7 Å². The normalized spacial score (nSPS) is 12.2. The molecule has 0 saturated carbocycles. The number of ether oxygens (including phenoxy) is 2. The van der Waals surface area contributed by atoms with Crippen molar-refractivity contribution in [1.29, 1.82) is 0 Å². The van der Waals surface area contributed by atoms with Gasteiger partial charge in [-0.15, -0.1) is 0 Å². The van der Waals surface area contributed by atoms with Crippen LogP contribution < -0.4 is 11.5 Å². The second kappa shape index (κ2) is 7.01. The van der Waals surface area contributed by atoms with E-state index in [0.717, 1.165) is 5.56 Å². The summed E-state index contributed by atoms with van der Waals surface area (Å²) in [5.41, 5.74) is 12.5. The van der Waals surface area contributed by atoms with Gasteiger partial charge in [-0.3, -0.25) is 0 Å². The SMILES string of the molecule is COC(=O)c1ccc(COCC(N)CN)cc1. The highest BCUT2D eigenvalue weighted by atomic mass is 16.5. The number of methoxy groups -OCH3 is 1. The van der Waals surface area contributed by atoms with E-state index in [9.17, 15) is 4.79 Å². The van der Waals surface area contributed by atoms with Gasteiger partial charge in [0.1, 0.15) is 0 Å². The Bertz CT molecular complexity index is 351. The van der Waals surface area contributed by atoms with Crippen molar-refractivity contribution in [2.75, 3.05) is 20.3 Å². The number of carbonyl (C=O) groups excluding carboxylic acids is 1. The molecular weight excluding hydrogens is 220 g/mol. The van der Waals surface area contributed by atoms with Crippen LogP contribution in [0.4, 0.5) is 0 Å². The van der Waals surface area contributed by atoms with Crippen LogP contribution in [0, 0.1) is 0 Å². The zero-order chi connectivity index (χ0) is 12.7. The van der Waals surface area contributed by atoms with Crippen LogP contribution >= 0.6 is 0 Å². The Balaban J connectivity index is 2.43. The van der Waals surface area contributed by atoms with Gasteiger partial charge in [0.05, 0.1) is 25.9 Å². The molecule has 17 heavy (non-hydrogen) atoms. The van der Waals surface area contributed by atoms with Crippen LogP contribution in [0.1, 0.15) is 15.9 Å². The molecule has 0 spiro atoms. The van der Waals surface area contributed by atoms with Crippen molar-refractivity contribution < 1.29 is 14.3 Å². The third-order valence-corrected chi connectivity index (χ3v) is 2.28. The van der Waals surface area contributed by atoms with E-state index < -0.39 is 0 Å². The van der Waals surface area contributed by atoms with Gasteiger partial charge in [0, 0.05) is 12.6 Å². The fourth-order valence-electron chi connectivity index (χ4n) is 1.25. The Morgan fingerprint density at radius 3 is 2.53 bits per heavy atom. The first-order chi connectivity index (χ1) is 8.17. The Morgan fingerprint density at radius 1 is 1.35 bits per heavy atom. The first-order valence-corrected chi connectivity index (χ1v) is 5.38. The van der Waals surface area contributed by atoms with E-state index in [2.05, 4.69) is 4.74 Å². The molecule has 5 nitrogen and oxygen atoms in total. The molecule has 1 atom stereocenters. The van der Waals surface area contributed by atoms with E-state index in [1.54, 1.807) is 12.1 Å². The molecule has 5 heteroatoms. The van der Waals surface area contributed by atoms with Crippen molar-refractivity contribution in [3.63, 3.8) is 0 Å². The summed E-state index contributed by atoms with van der Waals surface area (Å²) < 4.78 is 9.98. The van der Waals surface area contributed by atoms with E-state index in [-0.39, 0.29) is 12.0 Å². The first-order valence-electron chi connectivity index (χ1n) is 5.38. The van der Waals surface area contributed by atoms with Crippen LogP contribution in [0.2, 0.25) is 0 Å². The molecule has 0 aliphatic heterocycles. The van der Waals surface area contributed by atoms with Gasteiger partial charge in [-0.1, -0.05) is 12.1 Å². The number of rotatable bonds is 6. The monoisotopic (exact) mass is 238 g/mol. The minimum atomic E-state index is -0.345. The zero-order valence-electron chi connectivity index (χ0n) is 9.89. The second-order valence-corrected chi connectivity index (χ2v) is 3.70. The summed E-state index contributed by atoms with van der Waals surface area (Å²) in [7, 11) is 1.35. The number of hydrogen-bond acceptors (Lipinski definition) is 5. The number of esters is 1. The zero-order valence-corrected chi connectivity index (χ0v) is 9.89. The molecule has 0 fully saturated rings. The summed E-state index contributed by atoms with van der Waals surface area (Å²) in [6, 6.07) is 6.91. The van der Waals surface area contributed by atoms with Crippen molar-refractivity contribution in [2.24, 2.45) is 11.5 Å². The Hall–Kier alpha value is -1.43. The fourth-order valence-corrected chi connectivity index (χ4v) is 1.25. The topological polar surface area (TPSA) is 87.6 Å². The Kier molecular flexibility index (Phi) is 5.62. The average Bonchev–Trinajstić information content (AvgIpc) is 2.38. The molecule has 0 radical (unpaired) electrons. The van der Waals surface area contributed by atoms with Crippen molar-refractivity contribution in [3.05, 3.63) is 35.4 Å². The van der Waals surface area contributed by atoms with Gasteiger partial charge in [-0.2, -0.15) is 0 Å². The second-order valence-electron chi connectivity index (χ2n) is 3.70. The molecule has 0 saturated heterocycles. The lowest BCUT2D eigenvalue weighted by atomic mass is 10.1. The summed E-state index contributed by atoms with van der Waals surface area (Å²) in [4.78, 5) is 11.2. The summed E-state index contributed by atoms with van der Waals surface area (Å²) >= 11 is 0. The number of hydrogen-bond donors (Lipinski definition) is 2. The van der Waals surface area contributed by atoms with Crippen molar-refractivity contribution in [2.45, 2.75) is 12.6 Å². The van der Waals surface area contributed by atoms with E-state index in [0.29, 0.717) is 25.3 Å². The third kappa shape index (κ3) is 4.52. The lowest BCUT2D eigenvalue weighted by Crippen LogP contribution is -2.34. The van der Waals surface area contributed by atoms with Crippen LogP contribution in [-0.2, 0) is 16.1 Å². The summed E-state index contributed by atoms with van der Waals surface area (Å²) in [5, 5.41) is 0. The van der Waals surface area contributed by atoms with E-state index in [1.807, 2.05) is 12.1 Å². The molecule has 0 amide bonds. The lowest BCUT2D eigenvalue weighted by molar-refractivity contribution is 0.0600. The molecule has 94 valence electrons. The van der Waals surface area contributed by atoms with Crippen LogP contribution in [0.3, 0.4) is 0 Å². The fraction of sp³-hybridized carbons (Fsp3) is 0.417. The van der Waals surface area contributed by atoms with Gasteiger partial charge >= 0.3 is 5.97 Å². The van der Waals surface area contributed by atoms with Crippen LogP contribution in [0.25, 0.3) is 0 Å². The maximum atomic E-state index is 11.2. The molecule has 0 aromatic heterocycles. The van der Waals surface area contributed by atoms with E-state index in [4.69, 9.17) is 16.2 Å². The number of nitrogens with two attached hydrogens (primary N) is 2. The summed E-state index contributed by atoms with van der Waals surface area (Å²) in [6.45, 7) is 1.28. The molecule has 4 N–H and O–H groups in total. The molecule has 0 aliphatic carbocycles. The number of benzene rings is 1. The van der Waals surface area contributed by atoms with Crippen LogP contribution in [0.15, 0.2) is 24.3 Å². The molecule has 0 bridgehead atoms. The first kappa shape index (κ1) is 13.6. The number of carbonyl (C=O) groups is 1. The molecule has 1 aromatic rings. The van der Waals surface area contributed by atoms with E-state index >= 15 is 0 Å². The third-order valence-electron chi connectivity index (χ3n) is 2.28. The largest absolute Gasteiger partial charge is 0.465 e. The van der Waals surface area contributed by atoms with Crippen molar-refractivity contribution in [3.8, 4) is 0 Å². The van der Waals surface area contributed by atoms with Gasteiger partial charge in [0.15, 0.2) is 0 Å². The highest BCUT2D eigenvalue weighted by Gasteiger charge is 2.04. The maximum absolute atomic E-state index is 11.2. The van der Waals surface area contributed by atoms with Gasteiger partial charge < -0.3 is 20.9 Å². The smallest absolute Gasteiger partial charge is 0.337 e. The molecule has 1 rings (SSSR count). The average molecular weight is 238 g/mol. The maximum Gasteiger partial charge on any atom is 0.337 e. The highest BCUT2D eigenvalue weighted by molar-refractivity contribution is 5.89. The Morgan fingerprint density at radius 2 is 2.00 bits per heavy atom. The van der Waals surface area contributed by atoms with Gasteiger partial charge in [0.25, 0.3) is 0 Å². The minimum Gasteiger partial charge on any atom is -0.465 e. The van der Waals surface area contributed by atoms with Crippen LogP contribution in [-0.4, -0.2) is 32.3 Å². The lowest BCUT2D eigenvalue weighted by Gasteiger charge is -2.09. The minimum absolute atomic E-state index is 0.135. The van der Waals surface area contributed by atoms with Gasteiger partial charge in [0.2, 0.25) is 0 Å². The quantitative estimate of drug-likeness (QED) is 0.695. The molecular formula is C12H18N2O3. The van der Waals surface area contributed by atoms with Crippen molar-refractivity contribution in [1.82, 2.24) is 0 Å². The standard InChI is InChI=1S/C12H18N2O3/c1-16-12(15)10-4-2-9(3-5-10)7-17-8-11(14)6-13/h2-5,11H,6-8,13-14H2,1H3. The predicted molar refractivity (Wildman–Crippen MR) is 64.5 cm³/mol. The molecule has 1 aromatic carbocycles.